The molecule has 29 heavy (non-hydrogen) atoms. The van der Waals surface area contributed by atoms with Crippen LogP contribution in [0.25, 0.3) is 0 Å². The Morgan fingerprint density at radius 2 is 1.97 bits per heavy atom. The van der Waals surface area contributed by atoms with Crippen LogP contribution in [0.5, 0.6) is 0 Å². The number of nitrogens with one attached hydrogen (secondary N) is 1. The average Bonchev–Trinajstić information content (AvgIpc) is 3.27. The second-order valence-corrected chi connectivity index (χ2v) is 7.92. The Hall–Kier alpha value is -2.15. The van der Waals surface area contributed by atoms with Crippen LogP contribution in [0.4, 0.5) is 0 Å². The van der Waals surface area contributed by atoms with Gasteiger partial charge in [-0.15, -0.1) is 13.2 Å². The Labute approximate surface area is 173 Å². The maximum Gasteiger partial charge on any atom is 0.332 e. The van der Waals surface area contributed by atoms with Gasteiger partial charge >= 0.3 is 5.97 Å². The minimum atomic E-state index is -1.09. The number of esters is 1. The SMILES string of the molecule is C=CCCCCCCC(=O)N1C[C@@H](O)C[C@H]1C(=O)N[C@]1(C(=O)OCC)C[C@H]1C=C. The number of nitrogens with zero attached hydrogens (tertiary/aromatic N) is 1. The number of likely N-dealkylation sites (tertiary alicyclic amines) is 1. The van der Waals surface area contributed by atoms with Gasteiger partial charge in [0, 0.05) is 25.3 Å². The highest BCUT2D eigenvalue weighted by Crippen LogP contribution is 2.45. The third-order valence-electron chi connectivity index (χ3n) is 5.74. The predicted molar refractivity (Wildman–Crippen MR) is 110 cm³/mol. The number of amides is 2. The molecule has 162 valence electrons. The highest BCUT2D eigenvalue weighted by Gasteiger charge is 2.61. The van der Waals surface area contributed by atoms with E-state index < -0.39 is 29.6 Å². The lowest BCUT2D eigenvalue weighted by molar-refractivity contribution is -0.150. The van der Waals surface area contributed by atoms with E-state index in [9.17, 15) is 19.5 Å². The molecule has 0 radical (unpaired) electrons. The number of unbranched alkanes of at least 4 members (excludes halogenated alkanes) is 4. The summed E-state index contributed by atoms with van der Waals surface area (Å²) in [5, 5.41) is 12.8. The van der Waals surface area contributed by atoms with Crippen LogP contribution in [-0.2, 0) is 19.1 Å². The second-order valence-electron chi connectivity index (χ2n) is 7.92. The van der Waals surface area contributed by atoms with Crippen LogP contribution >= 0.6 is 0 Å². The van der Waals surface area contributed by atoms with Gasteiger partial charge in [0.15, 0.2) is 0 Å². The van der Waals surface area contributed by atoms with Gasteiger partial charge in [0.25, 0.3) is 0 Å². The van der Waals surface area contributed by atoms with Crippen molar-refractivity contribution in [1.29, 1.82) is 0 Å². The molecule has 2 rings (SSSR count). The summed E-state index contributed by atoms with van der Waals surface area (Å²) >= 11 is 0. The fourth-order valence-electron chi connectivity index (χ4n) is 3.97. The molecule has 2 N–H and O–H groups in total. The quantitative estimate of drug-likeness (QED) is 0.294. The summed E-state index contributed by atoms with van der Waals surface area (Å²) in [4.78, 5) is 39.4. The summed E-state index contributed by atoms with van der Waals surface area (Å²) < 4.78 is 5.12. The molecular formula is C22H34N2O5. The molecule has 7 heteroatoms. The van der Waals surface area contributed by atoms with Crippen LogP contribution in [-0.4, -0.2) is 58.6 Å². The van der Waals surface area contributed by atoms with Gasteiger partial charge in [-0.2, -0.15) is 0 Å². The zero-order valence-electron chi connectivity index (χ0n) is 17.4. The fraction of sp³-hybridized carbons (Fsp3) is 0.682. The van der Waals surface area contributed by atoms with E-state index >= 15 is 0 Å². The van der Waals surface area contributed by atoms with E-state index in [2.05, 4.69) is 18.5 Å². The molecule has 2 amide bonds. The molecule has 1 aliphatic heterocycles. The number of allylic oxidation sites excluding steroid dienone is 1. The molecule has 0 aromatic heterocycles. The van der Waals surface area contributed by atoms with Crippen molar-refractivity contribution in [3.63, 3.8) is 0 Å². The van der Waals surface area contributed by atoms with Gasteiger partial charge in [-0.1, -0.05) is 25.0 Å². The molecule has 2 aliphatic rings. The van der Waals surface area contributed by atoms with Crippen molar-refractivity contribution in [1.82, 2.24) is 10.2 Å². The predicted octanol–water partition coefficient (Wildman–Crippen LogP) is 2.10. The minimum absolute atomic E-state index is 0.133. The van der Waals surface area contributed by atoms with Gasteiger partial charge in [-0.05, 0) is 32.6 Å². The molecule has 0 aromatic carbocycles. The summed E-state index contributed by atoms with van der Waals surface area (Å²) in [6.07, 6.45) is 8.52. The van der Waals surface area contributed by atoms with Gasteiger partial charge in [-0.3, -0.25) is 9.59 Å². The first-order valence-corrected chi connectivity index (χ1v) is 10.6. The lowest BCUT2D eigenvalue weighted by Gasteiger charge is -2.26. The van der Waals surface area contributed by atoms with Gasteiger partial charge in [0.05, 0.1) is 12.7 Å². The summed E-state index contributed by atoms with van der Waals surface area (Å²) in [5.74, 6) is -1.21. The monoisotopic (exact) mass is 406 g/mol. The zero-order valence-corrected chi connectivity index (χ0v) is 17.4. The number of aliphatic hydroxyl groups is 1. The smallest absolute Gasteiger partial charge is 0.332 e. The first kappa shape index (κ1) is 23.1. The van der Waals surface area contributed by atoms with E-state index in [1.807, 2.05) is 6.08 Å². The molecule has 0 bridgehead atoms. The van der Waals surface area contributed by atoms with Gasteiger partial charge in [0.1, 0.15) is 11.6 Å². The van der Waals surface area contributed by atoms with Gasteiger partial charge in [0.2, 0.25) is 11.8 Å². The molecule has 0 unspecified atom stereocenters. The van der Waals surface area contributed by atoms with Crippen molar-refractivity contribution >= 4 is 17.8 Å². The van der Waals surface area contributed by atoms with E-state index in [-0.39, 0.29) is 31.4 Å². The largest absolute Gasteiger partial charge is 0.464 e. The van der Waals surface area contributed by atoms with Crippen molar-refractivity contribution in [3.8, 4) is 0 Å². The van der Waals surface area contributed by atoms with E-state index in [1.54, 1.807) is 13.0 Å². The van der Waals surface area contributed by atoms with Crippen molar-refractivity contribution in [3.05, 3.63) is 25.3 Å². The highest BCUT2D eigenvalue weighted by atomic mass is 16.5. The Bertz CT molecular complexity index is 635. The number of hydrogen-bond acceptors (Lipinski definition) is 5. The van der Waals surface area contributed by atoms with Gasteiger partial charge in [-0.25, -0.2) is 4.79 Å². The molecule has 1 heterocycles. The van der Waals surface area contributed by atoms with Crippen LogP contribution in [0.1, 0.15) is 58.3 Å². The number of hydrogen-bond donors (Lipinski definition) is 2. The zero-order chi connectivity index (χ0) is 21.4. The lowest BCUT2D eigenvalue weighted by Crippen LogP contribution is -2.53. The molecule has 2 fully saturated rings. The Morgan fingerprint density at radius 3 is 2.59 bits per heavy atom. The molecular weight excluding hydrogens is 372 g/mol. The standard InChI is InChI=1S/C22H34N2O5/c1-4-7-8-9-10-11-12-19(26)24-15-17(25)13-18(24)20(27)23-22(14-16(22)5-2)21(28)29-6-3/h4-5,16-18,25H,1-2,6-15H2,3H3,(H,23,27)/t16-,17+,18+,22-/m1/s1. The van der Waals surface area contributed by atoms with Crippen LogP contribution in [0, 0.1) is 5.92 Å². The van der Waals surface area contributed by atoms with Crippen molar-refractivity contribution < 1.29 is 24.2 Å². The summed E-state index contributed by atoms with van der Waals surface area (Å²) in [5.41, 5.74) is -1.09. The van der Waals surface area contributed by atoms with Crippen LogP contribution < -0.4 is 5.32 Å². The number of β-amino-alcohol motifs (C(OH)–C–C–N with tert-alkyl or cyclic N) is 1. The molecule has 1 saturated carbocycles. The Balaban J connectivity index is 1.93. The molecule has 1 saturated heterocycles. The topological polar surface area (TPSA) is 95.9 Å². The molecule has 4 atom stereocenters. The molecule has 7 nitrogen and oxygen atoms in total. The summed E-state index contributed by atoms with van der Waals surface area (Å²) in [6.45, 7) is 9.48. The highest BCUT2D eigenvalue weighted by molar-refractivity contribution is 5.95. The van der Waals surface area contributed by atoms with Crippen molar-refractivity contribution in [2.24, 2.45) is 5.92 Å². The maximum atomic E-state index is 12.9. The molecule has 0 aromatic rings. The minimum Gasteiger partial charge on any atom is -0.464 e. The Morgan fingerprint density at radius 1 is 1.24 bits per heavy atom. The number of rotatable bonds is 12. The molecule has 0 spiro atoms. The van der Waals surface area contributed by atoms with E-state index in [0.29, 0.717) is 12.8 Å². The second kappa shape index (κ2) is 10.6. The third-order valence-corrected chi connectivity index (χ3v) is 5.74. The molecule has 1 aliphatic carbocycles. The normalized spacial score (nSPS) is 27.9. The van der Waals surface area contributed by atoms with Crippen LogP contribution in [0.2, 0.25) is 0 Å². The van der Waals surface area contributed by atoms with E-state index in [4.69, 9.17) is 4.74 Å². The summed E-state index contributed by atoms with van der Waals surface area (Å²) in [6, 6.07) is -0.768. The fourth-order valence-corrected chi connectivity index (χ4v) is 3.97. The average molecular weight is 407 g/mol. The first-order chi connectivity index (χ1) is 13.9. The number of carbonyl (C=O) groups excluding carboxylic acids is 3. The van der Waals surface area contributed by atoms with E-state index in [0.717, 1.165) is 32.1 Å². The lowest BCUT2D eigenvalue weighted by atomic mass is 10.1. The van der Waals surface area contributed by atoms with Crippen molar-refractivity contribution in [2.75, 3.05) is 13.2 Å². The van der Waals surface area contributed by atoms with E-state index in [1.165, 1.54) is 4.90 Å². The first-order valence-electron chi connectivity index (χ1n) is 10.6. The third kappa shape index (κ3) is 5.69. The van der Waals surface area contributed by atoms with Crippen molar-refractivity contribution in [2.45, 2.75) is 76.0 Å². The number of ether oxygens (including phenoxy) is 1. The van der Waals surface area contributed by atoms with Gasteiger partial charge < -0.3 is 20.1 Å². The summed E-state index contributed by atoms with van der Waals surface area (Å²) in [7, 11) is 0. The Kier molecular flexibility index (Phi) is 8.44. The van der Waals surface area contributed by atoms with Crippen LogP contribution in [0.15, 0.2) is 25.3 Å². The number of carbonyl (C=O) groups is 3. The van der Waals surface area contributed by atoms with Crippen LogP contribution in [0.3, 0.4) is 0 Å². The number of aliphatic hydroxyl groups excluding tert-OH is 1. The maximum absolute atomic E-state index is 12.9.